The number of nitrogens with zero attached hydrogens (tertiary/aromatic N) is 4. The number of nitrogens with one attached hydrogen (secondary N) is 1. The lowest BCUT2D eigenvalue weighted by molar-refractivity contribution is 0.250. The molecule has 0 radical (unpaired) electrons. The fourth-order valence-corrected chi connectivity index (χ4v) is 5.66. The van der Waals surface area contributed by atoms with Crippen LogP contribution in [-0.4, -0.2) is 52.9 Å². The molecule has 2 bridgehead atoms. The largest absolute Gasteiger partial charge is 0.311 e. The lowest BCUT2D eigenvalue weighted by atomic mass is 10.0. The Morgan fingerprint density at radius 3 is 2.45 bits per heavy atom. The molecule has 0 saturated carbocycles. The SMILES string of the molecule is CN(C1CC2CCC(C1)N2)S(=O)(=O)c1c(Br)nnn1C. The van der Waals surface area contributed by atoms with Crippen molar-refractivity contribution in [2.75, 3.05) is 7.05 Å². The van der Waals surface area contributed by atoms with Crippen LogP contribution in [0.25, 0.3) is 0 Å². The van der Waals surface area contributed by atoms with Gasteiger partial charge in [0.25, 0.3) is 10.0 Å². The van der Waals surface area contributed by atoms with Crippen molar-refractivity contribution in [1.82, 2.24) is 24.6 Å². The van der Waals surface area contributed by atoms with Crippen LogP contribution in [0.4, 0.5) is 0 Å². The molecule has 9 heteroatoms. The number of hydrogen-bond acceptors (Lipinski definition) is 5. The fraction of sp³-hybridized carbons (Fsp3) is 0.818. The molecular formula is C11H18BrN5O2S. The molecule has 1 aromatic heterocycles. The second-order valence-corrected chi connectivity index (χ2v) is 8.26. The zero-order chi connectivity index (χ0) is 14.5. The molecule has 3 rings (SSSR count). The molecule has 2 saturated heterocycles. The van der Waals surface area contributed by atoms with Gasteiger partial charge < -0.3 is 5.32 Å². The van der Waals surface area contributed by atoms with E-state index in [2.05, 4.69) is 31.6 Å². The number of sulfonamides is 1. The Kier molecular flexibility index (Phi) is 3.64. The topological polar surface area (TPSA) is 80.1 Å². The molecule has 1 aromatic rings. The number of fused-ring (bicyclic) bond motifs is 2. The molecular weight excluding hydrogens is 346 g/mol. The lowest BCUT2D eigenvalue weighted by Crippen LogP contribution is -2.48. The molecule has 2 aliphatic rings. The van der Waals surface area contributed by atoms with E-state index in [1.54, 1.807) is 14.1 Å². The summed E-state index contributed by atoms with van der Waals surface area (Å²) in [4.78, 5) is 0. The van der Waals surface area contributed by atoms with Crippen LogP contribution in [0.3, 0.4) is 0 Å². The molecule has 0 amide bonds. The van der Waals surface area contributed by atoms with E-state index in [1.807, 2.05) is 0 Å². The first kappa shape index (κ1) is 14.4. The van der Waals surface area contributed by atoms with Gasteiger partial charge in [-0.15, -0.1) is 5.10 Å². The minimum Gasteiger partial charge on any atom is -0.311 e. The highest BCUT2D eigenvalue weighted by Crippen LogP contribution is 2.32. The average molecular weight is 364 g/mol. The molecule has 20 heavy (non-hydrogen) atoms. The zero-order valence-electron chi connectivity index (χ0n) is 11.5. The molecule has 112 valence electrons. The summed E-state index contributed by atoms with van der Waals surface area (Å²) in [6.45, 7) is 0. The number of aryl methyl sites for hydroxylation is 1. The summed E-state index contributed by atoms with van der Waals surface area (Å²) >= 11 is 3.17. The highest BCUT2D eigenvalue weighted by Gasteiger charge is 2.40. The van der Waals surface area contributed by atoms with Crippen molar-refractivity contribution < 1.29 is 8.42 Å². The van der Waals surface area contributed by atoms with Crippen molar-refractivity contribution >= 4 is 26.0 Å². The molecule has 0 aliphatic carbocycles. The molecule has 1 N–H and O–H groups in total. The van der Waals surface area contributed by atoms with Gasteiger partial charge in [0.15, 0.2) is 4.60 Å². The van der Waals surface area contributed by atoms with Crippen molar-refractivity contribution in [1.29, 1.82) is 0 Å². The summed E-state index contributed by atoms with van der Waals surface area (Å²) < 4.78 is 28.5. The third-order valence-corrected chi connectivity index (χ3v) is 7.12. The van der Waals surface area contributed by atoms with Crippen LogP contribution in [0.15, 0.2) is 9.63 Å². The minimum atomic E-state index is -3.58. The first-order valence-corrected chi connectivity index (χ1v) is 8.92. The quantitative estimate of drug-likeness (QED) is 0.844. The molecule has 0 aromatic carbocycles. The van der Waals surface area contributed by atoms with E-state index in [9.17, 15) is 8.42 Å². The molecule has 3 heterocycles. The van der Waals surface area contributed by atoms with Gasteiger partial charge in [0.2, 0.25) is 5.03 Å². The Morgan fingerprint density at radius 2 is 1.95 bits per heavy atom. The maximum Gasteiger partial charge on any atom is 0.263 e. The van der Waals surface area contributed by atoms with Crippen LogP contribution in [-0.2, 0) is 17.1 Å². The number of aromatic nitrogens is 3. The Bertz CT molecular complexity index is 585. The van der Waals surface area contributed by atoms with Gasteiger partial charge >= 0.3 is 0 Å². The van der Waals surface area contributed by atoms with Gasteiger partial charge in [-0.25, -0.2) is 13.1 Å². The number of halogens is 1. The van der Waals surface area contributed by atoms with Crippen LogP contribution in [0.1, 0.15) is 25.7 Å². The number of rotatable bonds is 3. The molecule has 0 spiro atoms. The maximum atomic E-state index is 12.7. The predicted molar refractivity (Wildman–Crippen MR) is 76.6 cm³/mol. The van der Waals surface area contributed by atoms with Crippen LogP contribution >= 0.6 is 15.9 Å². The van der Waals surface area contributed by atoms with Gasteiger partial charge in [-0.2, -0.15) is 4.31 Å². The van der Waals surface area contributed by atoms with Gasteiger partial charge in [-0.05, 0) is 41.6 Å². The van der Waals surface area contributed by atoms with Crippen LogP contribution in [0.5, 0.6) is 0 Å². The van der Waals surface area contributed by atoms with Gasteiger partial charge in [0, 0.05) is 32.2 Å². The van der Waals surface area contributed by atoms with Crippen LogP contribution < -0.4 is 5.32 Å². The average Bonchev–Trinajstić information content (AvgIpc) is 2.91. The van der Waals surface area contributed by atoms with E-state index < -0.39 is 10.0 Å². The summed E-state index contributed by atoms with van der Waals surface area (Å²) in [7, 11) is -0.334. The van der Waals surface area contributed by atoms with E-state index in [-0.39, 0.29) is 15.7 Å². The van der Waals surface area contributed by atoms with E-state index >= 15 is 0 Å². The van der Waals surface area contributed by atoms with Gasteiger partial charge in [-0.3, -0.25) is 0 Å². The van der Waals surface area contributed by atoms with E-state index in [1.165, 1.54) is 8.99 Å². The van der Waals surface area contributed by atoms with Crippen molar-refractivity contribution in [2.45, 2.75) is 48.8 Å². The van der Waals surface area contributed by atoms with Crippen LogP contribution in [0, 0.1) is 0 Å². The highest BCUT2D eigenvalue weighted by atomic mass is 79.9. The fourth-order valence-electron chi connectivity index (χ4n) is 3.25. The molecule has 2 atom stereocenters. The maximum absolute atomic E-state index is 12.7. The zero-order valence-corrected chi connectivity index (χ0v) is 13.9. The summed E-state index contributed by atoms with van der Waals surface area (Å²) in [6, 6.07) is 0.939. The van der Waals surface area contributed by atoms with Crippen molar-refractivity contribution in [3.05, 3.63) is 4.60 Å². The summed E-state index contributed by atoms with van der Waals surface area (Å²) in [5.74, 6) is 0. The molecule has 2 fully saturated rings. The second-order valence-electron chi connectivity index (χ2n) is 5.59. The first-order chi connectivity index (χ1) is 9.39. The summed E-state index contributed by atoms with van der Waals surface area (Å²) in [5, 5.41) is 11.2. The molecule has 2 unspecified atom stereocenters. The Hall–Kier alpha value is -0.510. The highest BCUT2D eigenvalue weighted by molar-refractivity contribution is 9.10. The standard InChI is InChI=1S/C11H18BrN5O2S/c1-16-11(10(12)14-15-16)20(18,19)17(2)9-5-7-3-4-8(6-9)13-7/h7-9,13H,3-6H2,1-2H3. The predicted octanol–water partition coefficient (Wildman–Crippen LogP) is 0.481. The van der Waals surface area contributed by atoms with Crippen molar-refractivity contribution in [2.24, 2.45) is 7.05 Å². The van der Waals surface area contributed by atoms with Crippen molar-refractivity contribution in [3.63, 3.8) is 0 Å². The van der Waals surface area contributed by atoms with Gasteiger partial charge in [0.1, 0.15) is 0 Å². The molecule has 7 nitrogen and oxygen atoms in total. The van der Waals surface area contributed by atoms with Gasteiger partial charge in [0.05, 0.1) is 0 Å². The van der Waals surface area contributed by atoms with Crippen LogP contribution in [0.2, 0.25) is 0 Å². The normalized spacial score (nSPS) is 30.1. The third kappa shape index (κ3) is 2.30. The minimum absolute atomic E-state index is 0.0422. The summed E-state index contributed by atoms with van der Waals surface area (Å²) in [6.07, 6.45) is 4.03. The third-order valence-electron chi connectivity index (χ3n) is 4.32. The van der Waals surface area contributed by atoms with E-state index in [0.717, 1.165) is 25.7 Å². The lowest BCUT2D eigenvalue weighted by Gasteiger charge is -2.34. The van der Waals surface area contributed by atoms with Gasteiger partial charge in [-0.1, -0.05) is 5.21 Å². The number of hydrogen-bond donors (Lipinski definition) is 1. The molecule has 2 aliphatic heterocycles. The summed E-state index contributed by atoms with van der Waals surface area (Å²) in [5.41, 5.74) is 0. The monoisotopic (exact) mass is 363 g/mol. The smallest absolute Gasteiger partial charge is 0.263 e. The van der Waals surface area contributed by atoms with E-state index in [0.29, 0.717) is 12.1 Å². The Labute approximate surface area is 126 Å². The second kappa shape index (κ2) is 5.04. The van der Waals surface area contributed by atoms with Crippen molar-refractivity contribution in [3.8, 4) is 0 Å². The number of piperidine rings is 1. The Balaban J connectivity index is 1.88. The Morgan fingerprint density at radius 1 is 1.35 bits per heavy atom. The first-order valence-electron chi connectivity index (χ1n) is 6.69. The van der Waals surface area contributed by atoms with E-state index in [4.69, 9.17) is 0 Å².